The van der Waals surface area contributed by atoms with E-state index in [2.05, 4.69) is 0 Å². The highest BCUT2D eigenvalue weighted by molar-refractivity contribution is 6.21. The molecule has 6 nitrogen and oxygen atoms in total. The SMILES string of the molecule is CCN(CCCCCN1C(=O)c2ccccc2C1=O)C(=O)OC(C)(C)C. The second-order valence-corrected chi connectivity index (χ2v) is 7.43. The van der Waals surface area contributed by atoms with Crippen LogP contribution in [0.3, 0.4) is 0 Å². The summed E-state index contributed by atoms with van der Waals surface area (Å²) in [5.41, 5.74) is 0.467. The molecule has 3 amide bonds. The number of fused-ring (bicyclic) bond motifs is 1. The van der Waals surface area contributed by atoms with Crippen molar-refractivity contribution in [2.45, 2.75) is 52.6 Å². The van der Waals surface area contributed by atoms with Crippen LogP contribution in [-0.4, -0.2) is 52.9 Å². The molecule has 1 aliphatic heterocycles. The zero-order valence-electron chi connectivity index (χ0n) is 16.1. The molecule has 1 aromatic carbocycles. The molecule has 0 unspecified atom stereocenters. The molecule has 142 valence electrons. The summed E-state index contributed by atoms with van der Waals surface area (Å²) in [6.07, 6.45) is 2.04. The lowest BCUT2D eigenvalue weighted by atomic mass is 10.1. The number of rotatable bonds is 7. The van der Waals surface area contributed by atoms with Crippen LogP contribution in [0.15, 0.2) is 24.3 Å². The van der Waals surface area contributed by atoms with Gasteiger partial charge in [0, 0.05) is 19.6 Å². The summed E-state index contributed by atoms with van der Waals surface area (Å²) in [6, 6.07) is 6.91. The molecule has 0 atom stereocenters. The van der Waals surface area contributed by atoms with Gasteiger partial charge in [-0.3, -0.25) is 14.5 Å². The van der Waals surface area contributed by atoms with Gasteiger partial charge in [0.15, 0.2) is 0 Å². The maximum Gasteiger partial charge on any atom is 0.410 e. The summed E-state index contributed by atoms with van der Waals surface area (Å²) in [5, 5.41) is 0. The molecule has 0 aromatic heterocycles. The Morgan fingerprint density at radius 2 is 1.62 bits per heavy atom. The molecule has 0 saturated carbocycles. The minimum absolute atomic E-state index is 0.213. The van der Waals surface area contributed by atoms with Crippen molar-refractivity contribution in [3.8, 4) is 0 Å². The van der Waals surface area contributed by atoms with E-state index < -0.39 is 5.60 Å². The van der Waals surface area contributed by atoms with Crippen LogP contribution in [0.1, 0.15) is 67.7 Å². The number of hydrogen-bond acceptors (Lipinski definition) is 4. The molecular formula is C20H28N2O4. The summed E-state index contributed by atoms with van der Waals surface area (Å²) < 4.78 is 5.38. The Balaban J connectivity index is 1.75. The summed E-state index contributed by atoms with van der Waals surface area (Å²) in [6.45, 7) is 9.07. The molecule has 6 heteroatoms. The van der Waals surface area contributed by atoms with Crippen molar-refractivity contribution in [2.24, 2.45) is 0 Å². The zero-order valence-corrected chi connectivity index (χ0v) is 16.1. The van der Waals surface area contributed by atoms with Crippen molar-refractivity contribution in [2.75, 3.05) is 19.6 Å². The number of ether oxygens (including phenoxy) is 1. The third-order valence-electron chi connectivity index (χ3n) is 4.22. The molecule has 0 aliphatic carbocycles. The Kier molecular flexibility index (Phi) is 6.40. The summed E-state index contributed by atoms with van der Waals surface area (Å²) in [4.78, 5) is 39.6. The predicted molar refractivity (Wildman–Crippen MR) is 99.1 cm³/mol. The summed E-state index contributed by atoms with van der Waals surface area (Å²) in [7, 11) is 0. The molecule has 0 fully saturated rings. The first-order valence-electron chi connectivity index (χ1n) is 9.17. The number of hydrogen-bond donors (Lipinski definition) is 0. The van der Waals surface area contributed by atoms with Gasteiger partial charge in [-0.25, -0.2) is 4.79 Å². The van der Waals surface area contributed by atoms with E-state index in [1.54, 1.807) is 29.2 Å². The zero-order chi connectivity index (χ0) is 19.3. The van der Waals surface area contributed by atoms with Gasteiger partial charge in [-0.15, -0.1) is 0 Å². The largest absolute Gasteiger partial charge is 0.444 e. The molecule has 0 spiro atoms. The topological polar surface area (TPSA) is 66.9 Å². The Bertz CT molecular complexity index is 644. The number of carbonyl (C=O) groups is 3. The van der Waals surface area contributed by atoms with E-state index in [0.29, 0.717) is 30.8 Å². The van der Waals surface area contributed by atoms with E-state index in [1.165, 1.54) is 4.90 Å². The quantitative estimate of drug-likeness (QED) is 0.549. The lowest BCUT2D eigenvalue weighted by Gasteiger charge is -2.26. The normalized spacial score (nSPS) is 13.8. The molecule has 0 N–H and O–H groups in total. The van der Waals surface area contributed by atoms with Gasteiger partial charge in [0.05, 0.1) is 11.1 Å². The van der Waals surface area contributed by atoms with Crippen LogP contribution < -0.4 is 0 Å². The first kappa shape index (κ1) is 19.9. The van der Waals surface area contributed by atoms with E-state index in [0.717, 1.165) is 19.3 Å². The maximum absolute atomic E-state index is 12.3. The fourth-order valence-corrected chi connectivity index (χ4v) is 2.90. The minimum Gasteiger partial charge on any atom is -0.444 e. The Morgan fingerprint density at radius 3 is 2.12 bits per heavy atom. The van der Waals surface area contributed by atoms with Crippen LogP contribution in [0.4, 0.5) is 4.79 Å². The first-order valence-corrected chi connectivity index (χ1v) is 9.17. The van der Waals surface area contributed by atoms with Crippen molar-refractivity contribution >= 4 is 17.9 Å². The molecular weight excluding hydrogens is 332 g/mol. The second kappa shape index (κ2) is 8.34. The highest BCUT2D eigenvalue weighted by Crippen LogP contribution is 2.22. The van der Waals surface area contributed by atoms with Crippen molar-refractivity contribution < 1.29 is 19.1 Å². The average molecular weight is 360 g/mol. The number of amides is 3. The number of benzene rings is 1. The number of nitrogens with zero attached hydrogens (tertiary/aromatic N) is 2. The van der Waals surface area contributed by atoms with E-state index >= 15 is 0 Å². The lowest BCUT2D eigenvalue weighted by Crippen LogP contribution is -2.37. The van der Waals surface area contributed by atoms with Crippen LogP contribution in [0.2, 0.25) is 0 Å². The van der Waals surface area contributed by atoms with E-state index in [4.69, 9.17) is 4.74 Å². The molecule has 1 heterocycles. The standard InChI is InChI=1S/C20H28N2O4/c1-5-21(19(25)26-20(2,3)4)13-9-6-10-14-22-17(23)15-11-7-8-12-16(15)18(22)24/h7-8,11-12H,5-6,9-10,13-14H2,1-4H3. The van der Waals surface area contributed by atoms with Gasteiger partial charge < -0.3 is 9.64 Å². The average Bonchev–Trinajstić information content (AvgIpc) is 2.81. The van der Waals surface area contributed by atoms with Crippen LogP contribution in [-0.2, 0) is 4.74 Å². The molecule has 26 heavy (non-hydrogen) atoms. The summed E-state index contributed by atoms with van der Waals surface area (Å²) >= 11 is 0. The van der Waals surface area contributed by atoms with Gasteiger partial charge in [-0.05, 0) is 59.1 Å². The molecule has 1 aliphatic rings. The van der Waals surface area contributed by atoms with Crippen molar-refractivity contribution in [3.05, 3.63) is 35.4 Å². The molecule has 0 saturated heterocycles. The fraction of sp³-hybridized carbons (Fsp3) is 0.550. The molecule has 0 bridgehead atoms. The second-order valence-electron chi connectivity index (χ2n) is 7.43. The van der Waals surface area contributed by atoms with Crippen LogP contribution in [0.25, 0.3) is 0 Å². The van der Waals surface area contributed by atoms with Gasteiger partial charge in [0.2, 0.25) is 0 Å². The molecule has 1 aromatic rings. The molecule has 2 rings (SSSR count). The lowest BCUT2D eigenvalue weighted by molar-refractivity contribution is 0.0257. The van der Waals surface area contributed by atoms with E-state index in [-0.39, 0.29) is 17.9 Å². The van der Waals surface area contributed by atoms with Crippen molar-refractivity contribution in [1.29, 1.82) is 0 Å². The van der Waals surface area contributed by atoms with Gasteiger partial charge in [-0.2, -0.15) is 0 Å². The molecule has 0 radical (unpaired) electrons. The van der Waals surface area contributed by atoms with Crippen LogP contribution >= 0.6 is 0 Å². The van der Waals surface area contributed by atoms with Crippen molar-refractivity contribution in [3.63, 3.8) is 0 Å². The number of unbranched alkanes of at least 4 members (excludes halogenated alkanes) is 2. The van der Waals surface area contributed by atoms with E-state index in [1.807, 2.05) is 27.7 Å². The van der Waals surface area contributed by atoms with Crippen LogP contribution in [0, 0.1) is 0 Å². The minimum atomic E-state index is -0.504. The first-order chi connectivity index (χ1) is 12.2. The van der Waals surface area contributed by atoms with Gasteiger partial charge in [0.1, 0.15) is 5.60 Å². The Labute approximate surface area is 155 Å². The smallest absolute Gasteiger partial charge is 0.410 e. The van der Waals surface area contributed by atoms with E-state index in [9.17, 15) is 14.4 Å². The fourth-order valence-electron chi connectivity index (χ4n) is 2.90. The summed E-state index contributed by atoms with van der Waals surface area (Å²) in [5.74, 6) is -0.427. The number of imide groups is 1. The number of carbonyl (C=O) groups excluding carboxylic acids is 3. The third kappa shape index (κ3) is 4.84. The Morgan fingerprint density at radius 1 is 1.04 bits per heavy atom. The maximum atomic E-state index is 12.3. The monoisotopic (exact) mass is 360 g/mol. The van der Waals surface area contributed by atoms with Crippen molar-refractivity contribution in [1.82, 2.24) is 9.80 Å². The highest BCUT2D eigenvalue weighted by atomic mass is 16.6. The predicted octanol–water partition coefficient (Wildman–Crippen LogP) is 3.71. The third-order valence-corrected chi connectivity index (χ3v) is 4.22. The van der Waals surface area contributed by atoms with Gasteiger partial charge in [0.25, 0.3) is 11.8 Å². The Hall–Kier alpha value is -2.37. The highest BCUT2D eigenvalue weighted by Gasteiger charge is 2.34. The van der Waals surface area contributed by atoms with Gasteiger partial charge in [-0.1, -0.05) is 12.1 Å². The van der Waals surface area contributed by atoms with Crippen LogP contribution in [0.5, 0.6) is 0 Å². The van der Waals surface area contributed by atoms with Gasteiger partial charge >= 0.3 is 6.09 Å².